The first-order valence-electron chi connectivity index (χ1n) is 5.44. The van der Waals surface area contributed by atoms with E-state index in [2.05, 4.69) is 5.32 Å². The summed E-state index contributed by atoms with van der Waals surface area (Å²) in [6, 6.07) is 6.01. The zero-order valence-electron chi connectivity index (χ0n) is 9.54. The van der Waals surface area contributed by atoms with Crippen molar-refractivity contribution in [1.29, 1.82) is 0 Å². The van der Waals surface area contributed by atoms with Gasteiger partial charge in [-0.25, -0.2) is 0 Å². The van der Waals surface area contributed by atoms with Crippen molar-refractivity contribution >= 4 is 16.9 Å². The Morgan fingerprint density at radius 1 is 1.44 bits per heavy atom. The molecule has 3 nitrogen and oxygen atoms in total. The summed E-state index contributed by atoms with van der Waals surface area (Å²) in [5.74, 6) is 0.0331. The standard InChI is InChI=1S/C13H15NO2/c1-3-14-13(15)7-10-8-16-12-6-9(2)4-5-11(10)12/h4-6,8H,3,7H2,1-2H3,(H,14,15). The quantitative estimate of drug-likeness (QED) is 0.857. The predicted octanol–water partition coefficient (Wildman–Crippen LogP) is 2.42. The molecule has 1 aromatic heterocycles. The van der Waals surface area contributed by atoms with Gasteiger partial charge in [0.05, 0.1) is 12.7 Å². The molecule has 1 amide bonds. The van der Waals surface area contributed by atoms with Crippen LogP contribution >= 0.6 is 0 Å². The van der Waals surface area contributed by atoms with Gasteiger partial charge in [-0.15, -0.1) is 0 Å². The summed E-state index contributed by atoms with van der Waals surface area (Å²) in [5.41, 5.74) is 2.95. The zero-order valence-corrected chi connectivity index (χ0v) is 9.54. The van der Waals surface area contributed by atoms with Crippen LogP contribution in [0.5, 0.6) is 0 Å². The number of benzene rings is 1. The molecule has 2 aromatic rings. The van der Waals surface area contributed by atoms with Gasteiger partial charge in [0.2, 0.25) is 5.91 Å². The minimum Gasteiger partial charge on any atom is -0.464 e. The monoisotopic (exact) mass is 217 g/mol. The van der Waals surface area contributed by atoms with Crippen LogP contribution in [0.25, 0.3) is 11.0 Å². The number of hydrogen-bond donors (Lipinski definition) is 1. The second kappa shape index (κ2) is 4.39. The van der Waals surface area contributed by atoms with E-state index in [-0.39, 0.29) is 5.91 Å². The van der Waals surface area contributed by atoms with E-state index in [9.17, 15) is 4.79 Å². The van der Waals surface area contributed by atoms with Crippen molar-refractivity contribution in [3.05, 3.63) is 35.6 Å². The molecular formula is C13H15NO2. The number of amides is 1. The van der Waals surface area contributed by atoms with Crippen LogP contribution < -0.4 is 5.32 Å². The first-order chi connectivity index (χ1) is 7.70. The molecule has 84 valence electrons. The molecule has 0 unspecified atom stereocenters. The van der Waals surface area contributed by atoms with Crippen LogP contribution in [0.4, 0.5) is 0 Å². The van der Waals surface area contributed by atoms with E-state index in [4.69, 9.17) is 4.42 Å². The molecule has 0 spiro atoms. The molecule has 0 saturated heterocycles. The Morgan fingerprint density at radius 2 is 2.25 bits per heavy atom. The Kier molecular flexibility index (Phi) is 2.95. The first-order valence-corrected chi connectivity index (χ1v) is 5.44. The molecule has 3 heteroatoms. The number of likely N-dealkylation sites (N-methyl/N-ethyl adjacent to an activating group) is 1. The van der Waals surface area contributed by atoms with Crippen molar-refractivity contribution in [2.24, 2.45) is 0 Å². The minimum atomic E-state index is 0.0331. The van der Waals surface area contributed by atoms with Gasteiger partial charge in [0, 0.05) is 17.5 Å². The average Bonchev–Trinajstić information content (AvgIpc) is 2.61. The predicted molar refractivity (Wildman–Crippen MR) is 63.3 cm³/mol. The molecule has 0 fully saturated rings. The van der Waals surface area contributed by atoms with Crippen molar-refractivity contribution in [3.8, 4) is 0 Å². The second-order valence-electron chi connectivity index (χ2n) is 3.89. The SMILES string of the molecule is CCNC(=O)Cc1coc2cc(C)ccc12. The van der Waals surface area contributed by atoms with E-state index in [1.54, 1.807) is 6.26 Å². The van der Waals surface area contributed by atoms with Crippen molar-refractivity contribution in [3.63, 3.8) is 0 Å². The molecule has 0 radical (unpaired) electrons. The van der Waals surface area contributed by atoms with Crippen LogP contribution in [0.1, 0.15) is 18.1 Å². The highest BCUT2D eigenvalue weighted by Gasteiger charge is 2.09. The first kappa shape index (κ1) is 10.7. The number of fused-ring (bicyclic) bond motifs is 1. The molecule has 1 N–H and O–H groups in total. The van der Waals surface area contributed by atoms with E-state index in [0.29, 0.717) is 13.0 Å². The molecule has 16 heavy (non-hydrogen) atoms. The van der Waals surface area contributed by atoms with Gasteiger partial charge in [-0.3, -0.25) is 4.79 Å². The molecule has 1 heterocycles. The number of furan rings is 1. The van der Waals surface area contributed by atoms with Crippen molar-refractivity contribution in [2.45, 2.75) is 20.3 Å². The van der Waals surface area contributed by atoms with Gasteiger partial charge in [0.1, 0.15) is 5.58 Å². The minimum absolute atomic E-state index is 0.0331. The topological polar surface area (TPSA) is 42.2 Å². The van der Waals surface area contributed by atoms with E-state index in [1.807, 2.05) is 32.0 Å². The highest BCUT2D eigenvalue weighted by atomic mass is 16.3. The summed E-state index contributed by atoms with van der Waals surface area (Å²) in [5, 5.41) is 3.80. The van der Waals surface area contributed by atoms with E-state index in [0.717, 1.165) is 22.1 Å². The molecule has 0 aliphatic carbocycles. The maximum Gasteiger partial charge on any atom is 0.224 e. The third-order valence-electron chi connectivity index (χ3n) is 2.54. The maximum absolute atomic E-state index is 11.5. The fourth-order valence-electron chi connectivity index (χ4n) is 1.76. The number of aryl methyl sites for hydroxylation is 1. The van der Waals surface area contributed by atoms with Crippen LogP contribution in [0, 0.1) is 6.92 Å². The molecule has 0 atom stereocenters. The van der Waals surface area contributed by atoms with Crippen LogP contribution in [-0.2, 0) is 11.2 Å². The normalized spacial score (nSPS) is 10.6. The average molecular weight is 217 g/mol. The summed E-state index contributed by atoms with van der Waals surface area (Å²) in [6.45, 7) is 4.59. The third kappa shape index (κ3) is 2.08. The number of nitrogens with one attached hydrogen (secondary N) is 1. The molecule has 2 rings (SSSR count). The Morgan fingerprint density at radius 3 is 3.00 bits per heavy atom. The third-order valence-corrected chi connectivity index (χ3v) is 2.54. The Balaban J connectivity index is 2.28. The van der Waals surface area contributed by atoms with Crippen molar-refractivity contribution in [2.75, 3.05) is 6.54 Å². The van der Waals surface area contributed by atoms with Gasteiger partial charge in [-0.05, 0) is 25.5 Å². The summed E-state index contributed by atoms with van der Waals surface area (Å²) >= 11 is 0. The highest BCUT2D eigenvalue weighted by molar-refractivity contribution is 5.87. The lowest BCUT2D eigenvalue weighted by molar-refractivity contribution is -0.120. The van der Waals surface area contributed by atoms with Gasteiger partial charge in [0.25, 0.3) is 0 Å². The van der Waals surface area contributed by atoms with Gasteiger partial charge in [-0.1, -0.05) is 12.1 Å². The van der Waals surface area contributed by atoms with E-state index in [1.165, 1.54) is 0 Å². The lowest BCUT2D eigenvalue weighted by Crippen LogP contribution is -2.24. The van der Waals surface area contributed by atoms with Crippen molar-refractivity contribution < 1.29 is 9.21 Å². The second-order valence-corrected chi connectivity index (χ2v) is 3.89. The maximum atomic E-state index is 11.5. The van der Waals surface area contributed by atoms with Gasteiger partial charge in [-0.2, -0.15) is 0 Å². The Hall–Kier alpha value is -1.77. The molecule has 0 aliphatic rings. The summed E-state index contributed by atoms with van der Waals surface area (Å²) in [7, 11) is 0. The van der Waals surface area contributed by atoms with Crippen LogP contribution in [0.2, 0.25) is 0 Å². The lowest BCUT2D eigenvalue weighted by Gasteiger charge is -2.00. The number of rotatable bonds is 3. The van der Waals surface area contributed by atoms with Gasteiger partial charge >= 0.3 is 0 Å². The Labute approximate surface area is 94.4 Å². The lowest BCUT2D eigenvalue weighted by atomic mass is 10.1. The smallest absolute Gasteiger partial charge is 0.224 e. The van der Waals surface area contributed by atoms with E-state index < -0.39 is 0 Å². The van der Waals surface area contributed by atoms with E-state index >= 15 is 0 Å². The van der Waals surface area contributed by atoms with Gasteiger partial charge in [0.15, 0.2) is 0 Å². The number of carbonyl (C=O) groups excluding carboxylic acids is 1. The van der Waals surface area contributed by atoms with Crippen molar-refractivity contribution in [1.82, 2.24) is 5.32 Å². The van der Waals surface area contributed by atoms with Gasteiger partial charge < -0.3 is 9.73 Å². The summed E-state index contributed by atoms with van der Waals surface area (Å²) in [4.78, 5) is 11.5. The molecule has 0 bridgehead atoms. The summed E-state index contributed by atoms with van der Waals surface area (Å²) in [6.07, 6.45) is 2.04. The number of hydrogen-bond acceptors (Lipinski definition) is 2. The summed E-state index contributed by atoms with van der Waals surface area (Å²) < 4.78 is 5.43. The molecular weight excluding hydrogens is 202 g/mol. The fraction of sp³-hybridized carbons (Fsp3) is 0.308. The van der Waals surface area contributed by atoms with Crippen LogP contribution in [0.15, 0.2) is 28.9 Å². The van der Waals surface area contributed by atoms with Crippen LogP contribution in [-0.4, -0.2) is 12.5 Å². The van der Waals surface area contributed by atoms with Crippen LogP contribution in [0.3, 0.4) is 0 Å². The highest BCUT2D eigenvalue weighted by Crippen LogP contribution is 2.22. The Bertz CT molecular complexity index is 514. The fourth-order valence-corrected chi connectivity index (χ4v) is 1.76. The molecule has 1 aromatic carbocycles. The molecule has 0 aliphatic heterocycles. The zero-order chi connectivity index (χ0) is 11.5. The largest absolute Gasteiger partial charge is 0.464 e. The molecule has 0 saturated carbocycles. The number of carbonyl (C=O) groups is 1.